The Bertz CT molecular complexity index is 837. The molecule has 0 saturated carbocycles. The van der Waals surface area contributed by atoms with Crippen LogP contribution in [0.4, 0.5) is 0 Å². The molecule has 0 aliphatic carbocycles. The van der Waals surface area contributed by atoms with E-state index in [2.05, 4.69) is 12.2 Å². The summed E-state index contributed by atoms with van der Waals surface area (Å²) in [4.78, 5) is 27.2. The molecule has 6 heteroatoms. The van der Waals surface area contributed by atoms with Crippen LogP contribution in [0.1, 0.15) is 66.2 Å². The molecule has 2 aromatic rings. The molecular weight excluding hydrogens is 352 g/mol. The van der Waals surface area contributed by atoms with Crippen molar-refractivity contribution >= 4 is 11.8 Å². The Hall–Kier alpha value is -2.63. The first-order chi connectivity index (χ1) is 13.7. The molecule has 1 atom stereocenters. The summed E-state index contributed by atoms with van der Waals surface area (Å²) in [5.41, 5.74) is 2.76. The van der Waals surface area contributed by atoms with E-state index in [1.54, 1.807) is 0 Å². The highest BCUT2D eigenvalue weighted by Crippen LogP contribution is 2.30. The first kappa shape index (κ1) is 18.7. The summed E-state index contributed by atoms with van der Waals surface area (Å²) in [5.74, 6) is 0.447. The molecule has 1 fully saturated rings. The molecule has 4 rings (SSSR count). The fourth-order valence-electron chi connectivity index (χ4n) is 4.37. The van der Waals surface area contributed by atoms with Gasteiger partial charge in [-0.3, -0.25) is 14.3 Å². The van der Waals surface area contributed by atoms with Crippen LogP contribution < -0.4 is 5.32 Å². The topological polar surface area (TPSA) is 67.2 Å². The van der Waals surface area contributed by atoms with Crippen molar-refractivity contribution in [1.29, 1.82) is 0 Å². The number of likely N-dealkylation sites (tertiary alicyclic amines) is 1. The van der Waals surface area contributed by atoms with Crippen molar-refractivity contribution in [3.63, 3.8) is 0 Å². The lowest BCUT2D eigenvalue weighted by molar-refractivity contribution is -0.134. The molecule has 0 spiro atoms. The fraction of sp³-hybridized carbons (Fsp3) is 0.500. The first-order valence-electron chi connectivity index (χ1n) is 10.4. The number of nitrogens with zero attached hydrogens (tertiary/aromatic N) is 3. The maximum Gasteiger partial charge on any atom is 0.269 e. The van der Waals surface area contributed by atoms with E-state index in [0.717, 1.165) is 56.6 Å². The lowest BCUT2D eigenvalue weighted by atomic mass is 9.90. The van der Waals surface area contributed by atoms with Crippen molar-refractivity contribution in [1.82, 2.24) is 20.0 Å². The molecule has 2 aliphatic heterocycles. The maximum atomic E-state index is 13.1. The zero-order valence-electron chi connectivity index (χ0n) is 16.4. The zero-order chi connectivity index (χ0) is 19.5. The van der Waals surface area contributed by atoms with Crippen LogP contribution in [0, 0.1) is 0 Å². The van der Waals surface area contributed by atoms with Crippen LogP contribution in [0.15, 0.2) is 36.4 Å². The van der Waals surface area contributed by atoms with E-state index in [-0.39, 0.29) is 17.7 Å². The highest BCUT2D eigenvalue weighted by molar-refractivity contribution is 5.92. The summed E-state index contributed by atoms with van der Waals surface area (Å²) in [6.45, 7) is 5.06. The van der Waals surface area contributed by atoms with E-state index in [9.17, 15) is 9.59 Å². The van der Waals surface area contributed by atoms with E-state index in [1.807, 2.05) is 46.0 Å². The third-order valence-corrected chi connectivity index (χ3v) is 6.00. The molecule has 2 amide bonds. The van der Waals surface area contributed by atoms with E-state index >= 15 is 0 Å². The van der Waals surface area contributed by atoms with Gasteiger partial charge < -0.3 is 10.2 Å². The van der Waals surface area contributed by atoms with Crippen LogP contribution in [-0.4, -0.2) is 46.1 Å². The molecule has 1 aromatic carbocycles. The minimum atomic E-state index is -0.0647. The molecule has 6 nitrogen and oxygen atoms in total. The van der Waals surface area contributed by atoms with Crippen LogP contribution in [0.2, 0.25) is 0 Å². The van der Waals surface area contributed by atoms with Crippen molar-refractivity contribution in [2.45, 2.75) is 51.0 Å². The molecule has 1 saturated heterocycles. The van der Waals surface area contributed by atoms with E-state index in [0.29, 0.717) is 18.2 Å². The summed E-state index contributed by atoms with van der Waals surface area (Å²) in [5, 5.41) is 7.63. The second-order valence-corrected chi connectivity index (χ2v) is 7.76. The molecular formula is C22H28N4O2. The number of carbonyl (C=O) groups is 2. The fourth-order valence-corrected chi connectivity index (χ4v) is 4.37. The van der Waals surface area contributed by atoms with E-state index in [4.69, 9.17) is 5.10 Å². The van der Waals surface area contributed by atoms with Gasteiger partial charge in [0.15, 0.2) is 0 Å². The lowest BCUT2D eigenvalue weighted by Crippen LogP contribution is -2.40. The second kappa shape index (κ2) is 8.17. The standard InChI is InChI=1S/C22H28N4O2/c1-2-18(16-7-4-3-5-8-16)22(28)25-13-9-17(10-14-25)19-15-20-21(27)23-11-6-12-26(20)24-19/h3-5,7-8,15,17-18H,2,6,9-14H2,1H3,(H,23,27)/t18-/m1/s1. The Morgan fingerprint density at radius 3 is 2.68 bits per heavy atom. The van der Waals surface area contributed by atoms with Gasteiger partial charge in [0, 0.05) is 32.1 Å². The number of rotatable bonds is 4. The number of amides is 2. The molecule has 2 aliphatic rings. The Morgan fingerprint density at radius 1 is 1.21 bits per heavy atom. The summed E-state index contributed by atoms with van der Waals surface area (Å²) in [7, 11) is 0. The Labute approximate surface area is 165 Å². The molecule has 0 radical (unpaired) electrons. The molecule has 148 valence electrons. The SMILES string of the molecule is CC[C@@H](C(=O)N1CCC(c2cc3n(n2)CCCNC3=O)CC1)c1ccccc1. The van der Waals surface area contributed by atoms with Crippen LogP contribution in [0.3, 0.4) is 0 Å². The molecule has 0 unspecified atom stereocenters. The van der Waals surface area contributed by atoms with E-state index < -0.39 is 0 Å². The van der Waals surface area contributed by atoms with Crippen molar-refractivity contribution in [2.24, 2.45) is 0 Å². The highest BCUT2D eigenvalue weighted by atomic mass is 16.2. The van der Waals surface area contributed by atoms with Crippen LogP contribution in [-0.2, 0) is 11.3 Å². The van der Waals surface area contributed by atoms with Gasteiger partial charge in [0.25, 0.3) is 5.91 Å². The number of nitrogens with one attached hydrogen (secondary N) is 1. The molecule has 1 aromatic heterocycles. The quantitative estimate of drug-likeness (QED) is 0.887. The average Bonchev–Trinajstić information content (AvgIpc) is 3.09. The zero-order valence-corrected chi connectivity index (χ0v) is 16.4. The number of benzene rings is 1. The molecule has 28 heavy (non-hydrogen) atoms. The lowest BCUT2D eigenvalue weighted by Gasteiger charge is -2.33. The molecule has 0 bridgehead atoms. The van der Waals surface area contributed by atoms with Crippen molar-refractivity contribution < 1.29 is 9.59 Å². The number of piperidine rings is 1. The minimum absolute atomic E-state index is 0.0301. The third kappa shape index (κ3) is 3.68. The van der Waals surface area contributed by atoms with Gasteiger partial charge in [-0.1, -0.05) is 37.3 Å². The predicted molar refractivity (Wildman–Crippen MR) is 107 cm³/mol. The number of carbonyl (C=O) groups excluding carboxylic acids is 2. The number of hydrogen-bond acceptors (Lipinski definition) is 3. The monoisotopic (exact) mass is 380 g/mol. The highest BCUT2D eigenvalue weighted by Gasteiger charge is 2.30. The molecule has 1 N–H and O–H groups in total. The van der Waals surface area contributed by atoms with Gasteiger partial charge in [0.05, 0.1) is 11.6 Å². The predicted octanol–water partition coefficient (Wildman–Crippen LogP) is 2.92. The minimum Gasteiger partial charge on any atom is -0.351 e. The first-order valence-corrected chi connectivity index (χ1v) is 10.4. The summed E-state index contributed by atoms with van der Waals surface area (Å²) >= 11 is 0. The Kier molecular flexibility index (Phi) is 5.46. The van der Waals surface area contributed by atoms with Crippen LogP contribution >= 0.6 is 0 Å². The van der Waals surface area contributed by atoms with E-state index in [1.165, 1.54) is 0 Å². The normalized spacial score (nSPS) is 18.9. The van der Waals surface area contributed by atoms with Gasteiger partial charge >= 0.3 is 0 Å². The Balaban J connectivity index is 1.41. The summed E-state index contributed by atoms with van der Waals surface area (Å²) in [6.07, 6.45) is 3.51. The third-order valence-electron chi connectivity index (χ3n) is 6.00. The van der Waals surface area contributed by atoms with Crippen molar-refractivity contribution in [2.75, 3.05) is 19.6 Å². The molecule has 3 heterocycles. The van der Waals surface area contributed by atoms with Crippen LogP contribution in [0.5, 0.6) is 0 Å². The smallest absolute Gasteiger partial charge is 0.269 e. The van der Waals surface area contributed by atoms with Crippen LogP contribution in [0.25, 0.3) is 0 Å². The van der Waals surface area contributed by atoms with Crippen molar-refractivity contribution in [3.8, 4) is 0 Å². The van der Waals surface area contributed by atoms with Gasteiger partial charge in [-0.25, -0.2) is 0 Å². The summed E-state index contributed by atoms with van der Waals surface area (Å²) < 4.78 is 1.84. The number of hydrogen-bond donors (Lipinski definition) is 1. The number of fused-ring (bicyclic) bond motifs is 1. The maximum absolute atomic E-state index is 13.1. The van der Waals surface area contributed by atoms with Gasteiger partial charge in [-0.2, -0.15) is 5.10 Å². The van der Waals surface area contributed by atoms with Crippen molar-refractivity contribution in [3.05, 3.63) is 53.3 Å². The van der Waals surface area contributed by atoms with Gasteiger partial charge in [0.2, 0.25) is 5.91 Å². The Morgan fingerprint density at radius 2 is 1.96 bits per heavy atom. The number of aryl methyl sites for hydroxylation is 1. The van der Waals surface area contributed by atoms with Gasteiger partial charge in [0.1, 0.15) is 5.69 Å². The second-order valence-electron chi connectivity index (χ2n) is 7.76. The summed E-state index contributed by atoms with van der Waals surface area (Å²) in [6, 6.07) is 12.0. The van der Waals surface area contributed by atoms with Gasteiger partial charge in [-0.15, -0.1) is 0 Å². The largest absolute Gasteiger partial charge is 0.351 e. The van der Waals surface area contributed by atoms with Gasteiger partial charge in [-0.05, 0) is 37.3 Å². The number of aromatic nitrogens is 2. The average molecular weight is 380 g/mol.